The van der Waals surface area contributed by atoms with Crippen LogP contribution in [0.1, 0.15) is 70.8 Å². The highest BCUT2D eigenvalue weighted by atomic mass is 16.7. The molecule has 5 fully saturated rings. The number of carbonyl (C=O) groups is 1. The summed E-state index contributed by atoms with van der Waals surface area (Å²) in [6, 6.07) is 3.23. The maximum atomic E-state index is 12.1. The molecule has 1 spiro atoms. The zero-order valence-corrected chi connectivity index (χ0v) is 19.5. The van der Waals surface area contributed by atoms with E-state index in [1.165, 1.54) is 19.3 Å². The van der Waals surface area contributed by atoms with E-state index in [2.05, 4.69) is 13.8 Å². The van der Waals surface area contributed by atoms with Gasteiger partial charge in [-0.2, -0.15) is 0 Å². The predicted molar refractivity (Wildman–Crippen MR) is 117 cm³/mol. The van der Waals surface area contributed by atoms with Crippen molar-refractivity contribution in [2.75, 3.05) is 0 Å². The molecule has 1 aliphatic heterocycles. The van der Waals surface area contributed by atoms with Crippen LogP contribution in [0.25, 0.3) is 0 Å². The highest BCUT2D eigenvalue weighted by molar-refractivity contribution is 5.66. The van der Waals surface area contributed by atoms with E-state index in [1.807, 2.05) is 0 Å². The lowest BCUT2D eigenvalue weighted by Crippen LogP contribution is -2.62. The quantitative estimate of drug-likeness (QED) is 0.518. The van der Waals surface area contributed by atoms with Crippen molar-refractivity contribution in [2.24, 2.45) is 28.6 Å². The van der Waals surface area contributed by atoms with Gasteiger partial charge in [-0.05, 0) is 73.3 Å². The second-order valence-electron chi connectivity index (χ2n) is 11.7. The van der Waals surface area contributed by atoms with E-state index < -0.39 is 29.5 Å². The molecule has 2 N–H and O–H groups in total. The van der Waals surface area contributed by atoms with Crippen LogP contribution in [-0.4, -0.2) is 46.2 Å². The fourth-order valence-corrected chi connectivity index (χ4v) is 9.16. The Morgan fingerprint density at radius 2 is 1.91 bits per heavy atom. The largest absolute Gasteiger partial charge is 0.459 e. The summed E-state index contributed by atoms with van der Waals surface area (Å²) in [5.74, 6) is 0.405. The summed E-state index contributed by atoms with van der Waals surface area (Å²) in [6.07, 6.45) is 4.92. The molecule has 6 rings (SSSR count). The van der Waals surface area contributed by atoms with Crippen molar-refractivity contribution in [2.45, 2.75) is 95.2 Å². The van der Waals surface area contributed by atoms with Crippen LogP contribution in [0.5, 0.6) is 0 Å². The van der Waals surface area contributed by atoms with Gasteiger partial charge in [-0.15, -0.1) is 0 Å². The smallest absolute Gasteiger partial charge is 0.335 e. The molecule has 1 aromatic heterocycles. The molecule has 11 atom stereocenters. The number of rotatable bonds is 2. The van der Waals surface area contributed by atoms with Crippen molar-refractivity contribution in [3.05, 3.63) is 34.4 Å². The van der Waals surface area contributed by atoms with E-state index in [9.17, 15) is 19.8 Å². The maximum absolute atomic E-state index is 12.1. The van der Waals surface area contributed by atoms with Gasteiger partial charge in [0.2, 0.25) is 0 Å². The second-order valence-corrected chi connectivity index (χ2v) is 11.7. The van der Waals surface area contributed by atoms with Crippen LogP contribution in [-0.2, 0) is 14.3 Å². The number of aliphatic hydroxyl groups excluding tert-OH is 2. The first-order valence-corrected chi connectivity index (χ1v) is 12.4. The molecule has 7 nitrogen and oxygen atoms in total. The Hall–Kier alpha value is -1.70. The minimum Gasteiger partial charge on any atom is -0.459 e. The lowest BCUT2D eigenvalue weighted by atomic mass is 9.43. The van der Waals surface area contributed by atoms with Crippen molar-refractivity contribution in [3.63, 3.8) is 0 Å². The maximum Gasteiger partial charge on any atom is 0.335 e. The molecule has 2 heterocycles. The van der Waals surface area contributed by atoms with Crippen LogP contribution in [0, 0.1) is 28.6 Å². The SMILES string of the molecule is CC(=O)O[C@H]1[C@H]2O[C@]23[C@@H]2CC[C@@H]4C[C@@H](O)C[C@H](O)[C@]4(C)[C@H]2CC[C@]3(C)[C@H]1c1ccc(=O)oc1. The Morgan fingerprint density at radius 1 is 1.12 bits per heavy atom. The van der Waals surface area contributed by atoms with Gasteiger partial charge in [0, 0.05) is 24.3 Å². The monoisotopic (exact) mass is 458 g/mol. The Bertz CT molecular complexity index is 1020. The molecule has 1 saturated heterocycles. The van der Waals surface area contributed by atoms with Gasteiger partial charge < -0.3 is 24.1 Å². The zero-order valence-electron chi connectivity index (χ0n) is 19.5. The van der Waals surface area contributed by atoms with E-state index in [-0.39, 0.29) is 34.7 Å². The molecule has 4 aliphatic carbocycles. The van der Waals surface area contributed by atoms with E-state index in [4.69, 9.17) is 13.9 Å². The minimum absolute atomic E-state index is 0.117. The number of hydrogen-bond donors (Lipinski definition) is 2. The number of carbonyl (C=O) groups excluding carboxylic acids is 1. The van der Waals surface area contributed by atoms with Crippen LogP contribution in [0.2, 0.25) is 0 Å². The lowest BCUT2D eigenvalue weighted by molar-refractivity contribution is -0.189. The molecule has 33 heavy (non-hydrogen) atoms. The molecule has 180 valence electrons. The van der Waals surface area contributed by atoms with Crippen LogP contribution < -0.4 is 5.63 Å². The highest BCUT2D eigenvalue weighted by Crippen LogP contribution is 2.78. The van der Waals surface area contributed by atoms with Crippen molar-refractivity contribution in [3.8, 4) is 0 Å². The number of fused-ring (bicyclic) bond motifs is 3. The summed E-state index contributed by atoms with van der Waals surface area (Å²) in [5.41, 5.74) is -0.464. The average molecular weight is 459 g/mol. The van der Waals surface area contributed by atoms with Gasteiger partial charge in [0.1, 0.15) is 17.8 Å². The summed E-state index contributed by atoms with van der Waals surface area (Å²) in [7, 11) is 0. The van der Waals surface area contributed by atoms with Crippen molar-refractivity contribution in [1.29, 1.82) is 0 Å². The van der Waals surface area contributed by atoms with E-state index in [0.717, 1.165) is 37.7 Å². The second kappa shape index (κ2) is 6.92. The molecular weight excluding hydrogens is 424 g/mol. The first kappa shape index (κ1) is 21.8. The van der Waals surface area contributed by atoms with Crippen LogP contribution in [0.3, 0.4) is 0 Å². The predicted octanol–water partition coefficient (Wildman–Crippen LogP) is 2.77. The zero-order chi connectivity index (χ0) is 23.3. The van der Waals surface area contributed by atoms with Gasteiger partial charge in [0.15, 0.2) is 0 Å². The number of hydrogen-bond acceptors (Lipinski definition) is 7. The number of aliphatic hydroxyl groups is 2. The molecule has 4 saturated carbocycles. The first-order valence-electron chi connectivity index (χ1n) is 12.4. The normalized spacial score (nSPS) is 52.2. The summed E-state index contributed by atoms with van der Waals surface area (Å²) in [6.45, 7) is 5.90. The molecule has 1 aromatic rings. The molecule has 0 bridgehead atoms. The Labute approximate surface area is 193 Å². The van der Waals surface area contributed by atoms with Crippen molar-refractivity contribution < 1.29 is 28.9 Å². The van der Waals surface area contributed by atoms with Gasteiger partial charge in [0.05, 0.1) is 18.5 Å². The van der Waals surface area contributed by atoms with Gasteiger partial charge >= 0.3 is 11.6 Å². The van der Waals surface area contributed by atoms with E-state index >= 15 is 0 Å². The molecular formula is C26H34O7. The number of ether oxygens (including phenoxy) is 2. The van der Waals surface area contributed by atoms with Gasteiger partial charge in [-0.1, -0.05) is 13.8 Å². The summed E-state index contributed by atoms with van der Waals surface area (Å²) >= 11 is 0. The fourth-order valence-electron chi connectivity index (χ4n) is 9.16. The lowest BCUT2D eigenvalue weighted by Gasteiger charge is -2.62. The highest BCUT2D eigenvalue weighted by Gasteiger charge is 2.85. The molecule has 5 aliphatic rings. The standard InChI is InChI=1S/C26H34O7/c1-13(27)32-22-21(14-4-7-20(30)31-12-14)24(2)9-8-17-18(26(24)23(22)33-26)6-5-15-10-16(28)11-19(29)25(15,17)3/h4,7,12,15-19,21-23,28-29H,5-6,8-11H2,1-3H3/t15-,16-,17+,18-,19+,21+,22-,23-,24-,25+,26-/m1/s1. The molecule has 0 radical (unpaired) electrons. The first-order chi connectivity index (χ1) is 15.6. The van der Waals surface area contributed by atoms with Gasteiger partial charge in [-0.3, -0.25) is 4.79 Å². The van der Waals surface area contributed by atoms with E-state index in [1.54, 1.807) is 6.07 Å². The van der Waals surface area contributed by atoms with Crippen LogP contribution in [0.4, 0.5) is 0 Å². The average Bonchev–Trinajstić information content (AvgIpc) is 3.45. The topological polar surface area (TPSA) is 110 Å². The molecule has 0 unspecified atom stereocenters. The third kappa shape index (κ3) is 2.67. The molecule has 7 heteroatoms. The Kier molecular flexibility index (Phi) is 4.57. The van der Waals surface area contributed by atoms with E-state index in [0.29, 0.717) is 18.3 Å². The summed E-state index contributed by atoms with van der Waals surface area (Å²) in [4.78, 5) is 23.7. The summed E-state index contributed by atoms with van der Waals surface area (Å²) < 4.78 is 17.7. The number of esters is 1. The van der Waals surface area contributed by atoms with Gasteiger partial charge in [-0.25, -0.2) is 4.79 Å². The molecule has 0 aromatic carbocycles. The third-order valence-electron chi connectivity index (χ3n) is 10.6. The van der Waals surface area contributed by atoms with Crippen molar-refractivity contribution in [1.82, 2.24) is 0 Å². The van der Waals surface area contributed by atoms with Crippen LogP contribution in [0.15, 0.2) is 27.6 Å². The summed E-state index contributed by atoms with van der Waals surface area (Å²) in [5, 5.41) is 21.5. The van der Waals surface area contributed by atoms with Crippen LogP contribution >= 0.6 is 0 Å². The Balaban J connectivity index is 1.42. The fraction of sp³-hybridized carbons (Fsp3) is 0.769. The minimum atomic E-state index is -0.526. The van der Waals surface area contributed by atoms with Gasteiger partial charge in [0.25, 0.3) is 0 Å². The molecule has 0 amide bonds. The third-order valence-corrected chi connectivity index (χ3v) is 10.6. The Morgan fingerprint density at radius 3 is 2.61 bits per heavy atom. The van der Waals surface area contributed by atoms with Crippen molar-refractivity contribution >= 4 is 5.97 Å². The number of epoxide rings is 1.